The summed E-state index contributed by atoms with van der Waals surface area (Å²) in [5, 5.41) is 21.9. The smallest absolute Gasteiger partial charge is 0.127 e. The van der Waals surface area contributed by atoms with E-state index in [9.17, 15) is 10.2 Å². The zero-order valence-electron chi connectivity index (χ0n) is 17.4. The second-order valence-electron chi connectivity index (χ2n) is 9.64. The first kappa shape index (κ1) is 19.5. The third kappa shape index (κ3) is 2.93. The zero-order chi connectivity index (χ0) is 19.3. The van der Waals surface area contributed by atoms with Crippen LogP contribution in [0.4, 0.5) is 0 Å². The molecule has 0 saturated heterocycles. The average molecular weight is 363 g/mol. The molecule has 4 atom stereocenters. The number of aromatic hydroxyl groups is 1. The van der Waals surface area contributed by atoms with E-state index in [4.69, 9.17) is 4.74 Å². The van der Waals surface area contributed by atoms with Gasteiger partial charge in [0.25, 0.3) is 0 Å². The highest BCUT2D eigenvalue weighted by atomic mass is 16.5. The van der Waals surface area contributed by atoms with Gasteiger partial charge in [0.2, 0.25) is 0 Å². The molecule has 2 aliphatic rings. The van der Waals surface area contributed by atoms with Crippen LogP contribution in [0.2, 0.25) is 0 Å². The Balaban J connectivity index is 0.00000261. The van der Waals surface area contributed by atoms with E-state index in [0.29, 0.717) is 5.75 Å². The number of phenols is 1. The van der Waals surface area contributed by atoms with Crippen molar-refractivity contribution in [2.24, 2.45) is 11.3 Å². The zero-order valence-corrected chi connectivity index (χ0v) is 17.4. The summed E-state index contributed by atoms with van der Waals surface area (Å²) in [6.45, 7) is 12.9. The third-order valence-corrected chi connectivity index (χ3v) is 7.62. The molecule has 1 heterocycles. The molecule has 0 spiro atoms. The number of aryl methyl sites for hydroxylation is 1. The summed E-state index contributed by atoms with van der Waals surface area (Å²) >= 11 is 0. The minimum atomic E-state index is -0.721. The lowest BCUT2D eigenvalue weighted by molar-refractivity contribution is -0.148. The highest BCUT2D eigenvalue weighted by Crippen LogP contribution is 2.64. The number of unbranched alkanes of at least 4 members (excludes halogenated alkanes) is 2. The fourth-order valence-electron chi connectivity index (χ4n) is 5.23. The molecular weight excluding hydrogens is 324 g/mol. The topological polar surface area (TPSA) is 49.7 Å². The first-order chi connectivity index (χ1) is 12.0. The molecule has 1 aliphatic heterocycles. The lowest BCUT2D eigenvalue weighted by atomic mass is 9.50. The molecule has 2 N–H and O–H groups in total. The summed E-state index contributed by atoms with van der Waals surface area (Å²) in [5.41, 5.74) is 0.858. The minimum Gasteiger partial charge on any atom is -0.508 e. The van der Waals surface area contributed by atoms with Gasteiger partial charge in [0.1, 0.15) is 17.1 Å². The van der Waals surface area contributed by atoms with Crippen LogP contribution in [-0.2, 0) is 6.42 Å². The van der Waals surface area contributed by atoms with Crippen LogP contribution >= 0.6 is 0 Å². The SMILES string of the molecule is CCCCCc1cc(O)c2c(c1)OC(C)(C)[C@]1(C)CC[C@](C)(O)[C@@H](C)C21.[HH]. The van der Waals surface area contributed by atoms with Gasteiger partial charge in [-0.15, -0.1) is 0 Å². The van der Waals surface area contributed by atoms with E-state index in [0.717, 1.165) is 42.6 Å². The molecule has 1 fully saturated rings. The summed E-state index contributed by atoms with van der Waals surface area (Å²) in [6, 6.07) is 4.05. The maximum atomic E-state index is 11.0. The van der Waals surface area contributed by atoms with Gasteiger partial charge >= 0.3 is 0 Å². The van der Waals surface area contributed by atoms with Gasteiger partial charge in [0.15, 0.2) is 0 Å². The van der Waals surface area contributed by atoms with E-state index in [-0.39, 0.29) is 24.3 Å². The molecule has 1 unspecified atom stereocenters. The summed E-state index contributed by atoms with van der Waals surface area (Å²) in [6.07, 6.45) is 6.13. The summed E-state index contributed by atoms with van der Waals surface area (Å²) in [5.74, 6) is 1.29. The molecule has 1 saturated carbocycles. The predicted octanol–water partition coefficient (Wildman–Crippen LogP) is 5.81. The minimum absolute atomic E-state index is 0. The van der Waals surface area contributed by atoms with Crippen LogP contribution in [0.25, 0.3) is 0 Å². The van der Waals surface area contributed by atoms with Crippen molar-refractivity contribution in [3.05, 3.63) is 23.3 Å². The number of hydrogen-bond donors (Lipinski definition) is 2. The predicted molar refractivity (Wildman–Crippen MR) is 108 cm³/mol. The molecule has 1 aromatic rings. The van der Waals surface area contributed by atoms with Crippen LogP contribution in [-0.4, -0.2) is 21.4 Å². The molecular formula is C23H38O3. The third-order valence-electron chi connectivity index (χ3n) is 7.62. The standard InChI is InChI=1S/C23H36O3.H2/c1-7-8-9-10-16-13-17(24)19-18(14-16)26-21(3,4)22(5)11-12-23(6,25)15(2)20(19)22;/h13-15,20,24-25H,7-12H2,1-6H3;1H/t15-,20?,22+,23-;/m0./s1. The Morgan fingerprint density at radius 2 is 1.85 bits per heavy atom. The first-order valence-electron chi connectivity index (χ1n) is 10.3. The lowest BCUT2D eigenvalue weighted by Crippen LogP contribution is -2.60. The monoisotopic (exact) mass is 362 g/mol. The number of hydrogen-bond acceptors (Lipinski definition) is 3. The Hall–Kier alpha value is -1.22. The van der Waals surface area contributed by atoms with Gasteiger partial charge < -0.3 is 14.9 Å². The van der Waals surface area contributed by atoms with Crippen LogP contribution in [0.15, 0.2) is 12.1 Å². The van der Waals surface area contributed by atoms with E-state index in [1.807, 2.05) is 13.0 Å². The van der Waals surface area contributed by atoms with Crippen LogP contribution in [0, 0.1) is 11.3 Å². The van der Waals surface area contributed by atoms with Crippen molar-refractivity contribution in [3.8, 4) is 11.5 Å². The number of ether oxygens (including phenoxy) is 1. The van der Waals surface area contributed by atoms with Gasteiger partial charge in [-0.3, -0.25) is 0 Å². The van der Waals surface area contributed by atoms with Crippen LogP contribution < -0.4 is 4.74 Å². The fraction of sp³-hybridized carbons (Fsp3) is 0.739. The average Bonchev–Trinajstić information content (AvgIpc) is 2.53. The molecule has 3 rings (SSSR count). The molecule has 0 aromatic heterocycles. The van der Waals surface area contributed by atoms with Crippen molar-refractivity contribution >= 4 is 0 Å². The Morgan fingerprint density at radius 3 is 2.50 bits per heavy atom. The Morgan fingerprint density at radius 1 is 1.15 bits per heavy atom. The van der Waals surface area contributed by atoms with E-state index >= 15 is 0 Å². The summed E-state index contributed by atoms with van der Waals surface area (Å²) < 4.78 is 6.49. The van der Waals surface area contributed by atoms with Crippen LogP contribution in [0.3, 0.4) is 0 Å². The van der Waals surface area contributed by atoms with Crippen molar-refractivity contribution in [1.82, 2.24) is 0 Å². The molecule has 0 amide bonds. The lowest BCUT2D eigenvalue weighted by Gasteiger charge is -2.60. The van der Waals surface area contributed by atoms with Crippen molar-refractivity contribution < 1.29 is 16.4 Å². The van der Waals surface area contributed by atoms with Crippen LogP contribution in [0.5, 0.6) is 11.5 Å². The van der Waals surface area contributed by atoms with Crippen molar-refractivity contribution in [2.45, 2.75) is 97.2 Å². The Kier molecular flexibility index (Phi) is 4.84. The normalized spacial score (nSPS) is 35.3. The largest absolute Gasteiger partial charge is 0.508 e. The van der Waals surface area contributed by atoms with E-state index in [1.54, 1.807) is 0 Å². The van der Waals surface area contributed by atoms with E-state index < -0.39 is 5.60 Å². The Labute approximate surface area is 160 Å². The highest BCUT2D eigenvalue weighted by Gasteiger charge is 2.60. The van der Waals surface area contributed by atoms with Gasteiger partial charge in [-0.1, -0.05) is 33.6 Å². The quantitative estimate of drug-likeness (QED) is 0.664. The number of fused-ring (bicyclic) bond motifs is 3. The molecule has 3 nitrogen and oxygen atoms in total. The molecule has 3 heteroatoms. The second kappa shape index (κ2) is 6.44. The Bertz CT molecular complexity index is 682. The van der Waals surface area contributed by atoms with Crippen molar-refractivity contribution in [1.29, 1.82) is 0 Å². The summed E-state index contributed by atoms with van der Waals surface area (Å²) in [4.78, 5) is 0. The van der Waals surface area contributed by atoms with Gasteiger partial charge in [-0.05, 0) is 70.1 Å². The molecule has 0 radical (unpaired) electrons. The van der Waals surface area contributed by atoms with Gasteiger partial charge in [0, 0.05) is 18.3 Å². The van der Waals surface area contributed by atoms with Crippen LogP contribution in [0.1, 0.15) is 92.1 Å². The maximum Gasteiger partial charge on any atom is 0.127 e. The first-order valence-corrected chi connectivity index (χ1v) is 10.3. The molecule has 148 valence electrons. The van der Waals surface area contributed by atoms with Gasteiger partial charge in [-0.2, -0.15) is 0 Å². The number of rotatable bonds is 4. The molecule has 0 bridgehead atoms. The maximum absolute atomic E-state index is 11.0. The van der Waals surface area contributed by atoms with E-state index in [2.05, 4.69) is 40.7 Å². The fourth-order valence-corrected chi connectivity index (χ4v) is 5.23. The van der Waals surface area contributed by atoms with Gasteiger partial charge in [-0.25, -0.2) is 0 Å². The highest BCUT2D eigenvalue weighted by molar-refractivity contribution is 5.53. The summed E-state index contributed by atoms with van der Waals surface area (Å²) in [7, 11) is 0. The second-order valence-corrected chi connectivity index (χ2v) is 9.64. The molecule has 1 aromatic carbocycles. The number of aliphatic hydroxyl groups is 1. The molecule has 26 heavy (non-hydrogen) atoms. The van der Waals surface area contributed by atoms with E-state index in [1.165, 1.54) is 12.8 Å². The van der Waals surface area contributed by atoms with Crippen molar-refractivity contribution in [3.63, 3.8) is 0 Å². The molecule has 1 aliphatic carbocycles. The van der Waals surface area contributed by atoms with Gasteiger partial charge in [0.05, 0.1) is 5.60 Å². The number of benzene rings is 1. The van der Waals surface area contributed by atoms with Crippen molar-refractivity contribution in [2.75, 3.05) is 0 Å². The number of phenolic OH excluding ortho intramolecular Hbond substituents is 1.